The third-order valence-electron chi connectivity index (χ3n) is 3.10. The van der Waals surface area contributed by atoms with Gasteiger partial charge in [0.2, 0.25) is 0 Å². The van der Waals surface area contributed by atoms with Crippen molar-refractivity contribution in [1.29, 1.82) is 0 Å². The maximum absolute atomic E-state index is 10.6. The lowest BCUT2D eigenvalue weighted by Gasteiger charge is -2.06. The maximum Gasteiger partial charge on any atom is 0.312 e. The number of carbonyl (C=O) groups excluding carboxylic acids is 1. The topological polar surface area (TPSA) is 92.9 Å². The van der Waals surface area contributed by atoms with Crippen LogP contribution in [0.3, 0.4) is 0 Å². The first kappa shape index (κ1) is 14.3. The van der Waals surface area contributed by atoms with Crippen LogP contribution in [0.1, 0.15) is 0 Å². The molecule has 7 heteroatoms. The summed E-state index contributed by atoms with van der Waals surface area (Å²) in [7, 11) is 0. The lowest BCUT2D eigenvalue weighted by atomic mass is 10.2. The summed E-state index contributed by atoms with van der Waals surface area (Å²) in [5.41, 5.74) is 6.19. The first-order chi connectivity index (χ1) is 10.7. The van der Waals surface area contributed by atoms with Crippen LogP contribution in [0.15, 0.2) is 42.7 Å². The van der Waals surface area contributed by atoms with Crippen LogP contribution in [-0.4, -0.2) is 29.1 Å². The average molecular weight is 313 g/mol. The smallest absolute Gasteiger partial charge is 0.312 e. The standard InChI is InChI=1S/C15H15N5OS/c16-15(21)18-7-6-17-13-11-8-12(10-4-2-1-3-5-10)22-14(11)20-9-19-13/h1-5,8-9H,6-7H2,(H3,16,18,21)(H,17,19,20). The number of hydrogen-bond donors (Lipinski definition) is 3. The molecule has 2 heterocycles. The third-order valence-corrected chi connectivity index (χ3v) is 4.20. The molecule has 2 aromatic heterocycles. The number of aromatic nitrogens is 2. The lowest BCUT2D eigenvalue weighted by Crippen LogP contribution is -2.33. The Morgan fingerprint density at radius 1 is 1.18 bits per heavy atom. The van der Waals surface area contributed by atoms with Crippen LogP contribution >= 0.6 is 11.3 Å². The molecule has 0 saturated carbocycles. The Balaban J connectivity index is 1.83. The Morgan fingerprint density at radius 3 is 2.77 bits per heavy atom. The number of anilines is 1. The molecule has 0 unspecified atom stereocenters. The van der Waals surface area contributed by atoms with Gasteiger partial charge < -0.3 is 16.4 Å². The zero-order chi connectivity index (χ0) is 15.4. The van der Waals surface area contributed by atoms with E-state index >= 15 is 0 Å². The van der Waals surface area contributed by atoms with Crippen molar-refractivity contribution in [2.75, 3.05) is 18.4 Å². The van der Waals surface area contributed by atoms with E-state index in [2.05, 4.69) is 38.8 Å². The minimum absolute atomic E-state index is 0.441. The molecule has 6 nitrogen and oxygen atoms in total. The molecule has 0 fully saturated rings. The van der Waals surface area contributed by atoms with E-state index in [1.165, 1.54) is 6.33 Å². The lowest BCUT2D eigenvalue weighted by molar-refractivity contribution is 0.249. The van der Waals surface area contributed by atoms with Crippen molar-refractivity contribution >= 4 is 33.4 Å². The van der Waals surface area contributed by atoms with Crippen LogP contribution in [0, 0.1) is 0 Å². The number of primary amides is 1. The molecule has 22 heavy (non-hydrogen) atoms. The SMILES string of the molecule is NC(=O)NCCNc1ncnc2sc(-c3ccccc3)cc12. The van der Waals surface area contributed by atoms with Gasteiger partial charge >= 0.3 is 6.03 Å². The van der Waals surface area contributed by atoms with E-state index in [0.29, 0.717) is 13.1 Å². The van der Waals surface area contributed by atoms with Gasteiger partial charge in [0.1, 0.15) is 17.0 Å². The third kappa shape index (κ3) is 3.15. The molecule has 0 bridgehead atoms. The first-order valence-corrected chi connectivity index (χ1v) is 7.63. The Kier molecular flexibility index (Phi) is 4.15. The molecule has 3 aromatic rings. The van der Waals surface area contributed by atoms with Gasteiger partial charge in [-0.15, -0.1) is 11.3 Å². The number of benzene rings is 1. The normalized spacial score (nSPS) is 10.5. The second-order valence-electron chi connectivity index (χ2n) is 4.64. The summed E-state index contributed by atoms with van der Waals surface area (Å²) in [6.45, 7) is 0.988. The number of nitrogens with zero attached hydrogens (tertiary/aromatic N) is 2. The van der Waals surface area contributed by atoms with Gasteiger partial charge in [-0.25, -0.2) is 14.8 Å². The number of hydrogen-bond acceptors (Lipinski definition) is 5. The van der Waals surface area contributed by atoms with Gasteiger partial charge in [0.05, 0.1) is 5.39 Å². The number of rotatable bonds is 5. The molecular formula is C15H15N5OS. The highest BCUT2D eigenvalue weighted by Gasteiger charge is 2.09. The molecule has 0 aliphatic carbocycles. The van der Waals surface area contributed by atoms with Gasteiger partial charge in [-0.05, 0) is 11.6 Å². The predicted octanol–water partition coefficient (Wildman–Crippen LogP) is 2.44. The Bertz CT molecular complexity index is 787. The van der Waals surface area contributed by atoms with Crippen LogP contribution in [0.5, 0.6) is 0 Å². The number of thiophene rings is 1. The Hall–Kier alpha value is -2.67. The Morgan fingerprint density at radius 2 is 2.00 bits per heavy atom. The molecule has 0 spiro atoms. The summed E-state index contributed by atoms with van der Waals surface area (Å²) < 4.78 is 0. The number of urea groups is 1. The molecular weight excluding hydrogens is 298 g/mol. The highest BCUT2D eigenvalue weighted by molar-refractivity contribution is 7.21. The summed E-state index contributed by atoms with van der Waals surface area (Å²) in [5.74, 6) is 0.759. The van der Waals surface area contributed by atoms with Gasteiger partial charge in [-0.3, -0.25) is 0 Å². The summed E-state index contributed by atoms with van der Waals surface area (Å²) in [5, 5.41) is 6.70. The van der Waals surface area contributed by atoms with E-state index in [1.54, 1.807) is 11.3 Å². The second-order valence-corrected chi connectivity index (χ2v) is 5.67. The van der Waals surface area contributed by atoms with Crippen molar-refractivity contribution in [2.45, 2.75) is 0 Å². The second kappa shape index (κ2) is 6.40. The molecule has 0 saturated heterocycles. The number of nitrogens with one attached hydrogen (secondary N) is 2. The number of nitrogens with two attached hydrogens (primary N) is 1. The van der Waals surface area contributed by atoms with E-state index in [-0.39, 0.29) is 0 Å². The maximum atomic E-state index is 10.6. The minimum Gasteiger partial charge on any atom is -0.368 e. The molecule has 0 atom stereocenters. The molecule has 4 N–H and O–H groups in total. The summed E-state index contributed by atoms with van der Waals surface area (Å²) in [4.78, 5) is 21.3. The van der Waals surface area contributed by atoms with E-state index in [0.717, 1.165) is 26.5 Å². The fourth-order valence-corrected chi connectivity index (χ4v) is 3.11. The van der Waals surface area contributed by atoms with Gasteiger partial charge in [-0.2, -0.15) is 0 Å². The monoisotopic (exact) mass is 313 g/mol. The van der Waals surface area contributed by atoms with Crippen molar-refractivity contribution in [2.24, 2.45) is 5.73 Å². The van der Waals surface area contributed by atoms with E-state index < -0.39 is 6.03 Å². The van der Waals surface area contributed by atoms with Crippen molar-refractivity contribution in [3.63, 3.8) is 0 Å². The fourth-order valence-electron chi connectivity index (χ4n) is 2.11. The van der Waals surface area contributed by atoms with Crippen molar-refractivity contribution in [3.8, 4) is 10.4 Å². The van der Waals surface area contributed by atoms with Crippen LogP contribution in [0.25, 0.3) is 20.7 Å². The fraction of sp³-hybridized carbons (Fsp3) is 0.133. The summed E-state index contributed by atoms with van der Waals surface area (Å²) in [6.07, 6.45) is 1.54. The van der Waals surface area contributed by atoms with E-state index in [9.17, 15) is 4.79 Å². The van der Waals surface area contributed by atoms with Crippen molar-refractivity contribution < 1.29 is 4.79 Å². The molecule has 112 valence electrons. The van der Waals surface area contributed by atoms with E-state index in [4.69, 9.17) is 5.73 Å². The summed E-state index contributed by atoms with van der Waals surface area (Å²) >= 11 is 1.63. The zero-order valence-corrected chi connectivity index (χ0v) is 12.6. The van der Waals surface area contributed by atoms with Gasteiger partial charge in [0.15, 0.2) is 0 Å². The zero-order valence-electron chi connectivity index (χ0n) is 11.7. The number of amides is 2. The average Bonchev–Trinajstić information content (AvgIpc) is 2.97. The first-order valence-electron chi connectivity index (χ1n) is 6.81. The molecule has 2 amide bonds. The number of carbonyl (C=O) groups is 1. The molecule has 0 aliphatic rings. The van der Waals surface area contributed by atoms with E-state index in [1.807, 2.05) is 18.2 Å². The molecule has 0 aliphatic heterocycles. The molecule has 0 radical (unpaired) electrons. The highest BCUT2D eigenvalue weighted by Crippen LogP contribution is 2.34. The van der Waals surface area contributed by atoms with Gasteiger partial charge in [0, 0.05) is 18.0 Å². The summed E-state index contributed by atoms with van der Waals surface area (Å²) in [6, 6.07) is 11.7. The van der Waals surface area contributed by atoms with Crippen molar-refractivity contribution in [3.05, 3.63) is 42.7 Å². The van der Waals surface area contributed by atoms with Crippen LogP contribution < -0.4 is 16.4 Å². The quantitative estimate of drug-likeness (QED) is 0.631. The largest absolute Gasteiger partial charge is 0.368 e. The van der Waals surface area contributed by atoms with Crippen molar-refractivity contribution in [1.82, 2.24) is 15.3 Å². The van der Waals surface area contributed by atoms with Gasteiger partial charge in [-0.1, -0.05) is 30.3 Å². The minimum atomic E-state index is -0.531. The molecule has 1 aromatic carbocycles. The molecule has 3 rings (SSSR count). The highest BCUT2D eigenvalue weighted by atomic mass is 32.1. The van der Waals surface area contributed by atoms with Gasteiger partial charge in [0.25, 0.3) is 0 Å². The van der Waals surface area contributed by atoms with Crippen LogP contribution in [-0.2, 0) is 0 Å². The van der Waals surface area contributed by atoms with Crippen LogP contribution in [0.4, 0.5) is 10.6 Å². The van der Waals surface area contributed by atoms with Crippen LogP contribution in [0.2, 0.25) is 0 Å². The Labute approximate surface area is 131 Å². The predicted molar refractivity (Wildman–Crippen MR) is 88.9 cm³/mol. The number of fused-ring (bicyclic) bond motifs is 1.